The van der Waals surface area contributed by atoms with Gasteiger partial charge in [-0.15, -0.1) is 0 Å². The predicted octanol–water partition coefficient (Wildman–Crippen LogP) is 2.71. The van der Waals surface area contributed by atoms with E-state index in [0.29, 0.717) is 6.04 Å². The van der Waals surface area contributed by atoms with Gasteiger partial charge in [-0.2, -0.15) is 5.10 Å². The van der Waals surface area contributed by atoms with E-state index in [0.717, 1.165) is 23.1 Å². The lowest BCUT2D eigenvalue weighted by Gasteiger charge is -2.09. The summed E-state index contributed by atoms with van der Waals surface area (Å²) in [7, 11) is 0. The summed E-state index contributed by atoms with van der Waals surface area (Å²) in [5.74, 6) is 0. The van der Waals surface area contributed by atoms with Gasteiger partial charge in [0, 0.05) is 12.2 Å². The molecule has 0 aliphatic carbocycles. The summed E-state index contributed by atoms with van der Waals surface area (Å²) >= 11 is 0. The van der Waals surface area contributed by atoms with Gasteiger partial charge in [0.2, 0.25) is 0 Å². The molecular formula is C11H15N3. The monoisotopic (exact) mass is 189 g/mol. The van der Waals surface area contributed by atoms with Gasteiger partial charge in [0.05, 0.1) is 11.2 Å². The van der Waals surface area contributed by atoms with Crippen LogP contribution >= 0.6 is 0 Å². The van der Waals surface area contributed by atoms with Crippen molar-refractivity contribution in [3.8, 4) is 0 Å². The van der Waals surface area contributed by atoms with Gasteiger partial charge >= 0.3 is 0 Å². The number of nitrogens with zero attached hydrogens (tertiary/aromatic N) is 3. The first-order chi connectivity index (χ1) is 6.74. The minimum atomic E-state index is 0.440. The van der Waals surface area contributed by atoms with Gasteiger partial charge in [-0.3, -0.25) is 9.67 Å². The van der Waals surface area contributed by atoms with Crippen LogP contribution in [0, 0.1) is 6.92 Å². The van der Waals surface area contributed by atoms with Crippen molar-refractivity contribution in [2.45, 2.75) is 33.2 Å². The molecular weight excluding hydrogens is 174 g/mol. The molecule has 0 aromatic carbocycles. The summed E-state index contributed by atoms with van der Waals surface area (Å²) in [5.41, 5.74) is 3.17. The topological polar surface area (TPSA) is 30.7 Å². The van der Waals surface area contributed by atoms with Crippen molar-refractivity contribution >= 4 is 11.0 Å². The van der Waals surface area contributed by atoms with Crippen LogP contribution in [-0.4, -0.2) is 14.8 Å². The van der Waals surface area contributed by atoms with Gasteiger partial charge in [-0.1, -0.05) is 6.92 Å². The molecule has 0 radical (unpaired) electrons. The maximum absolute atomic E-state index is 4.51. The second-order valence-corrected chi connectivity index (χ2v) is 3.66. The molecule has 0 aliphatic rings. The number of rotatable bonds is 2. The third-order valence-corrected chi connectivity index (χ3v) is 2.64. The summed E-state index contributed by atoms with van der Waals surface area (Å²) in [6, 6.07) is 4.48. The molecule has 3 heteroatoms. The predicted molar refractivity (Wildman–Crippen MR) is 57.3 cm³/mol. The highest BCUT2D eigenvalue weighted by molar-refractivity contribution is 5.77. The van der Waals surface area contributed by atoms with Crippen molar-refractivity contribution in [3.05, 3.63) is 24.0 Å². The summed E-state index contributed by atoms with van der Waals surface area (Å²) in [4.78, 5) is 4.33. The van der Waals surface area contributed by atoms with Gasteiger partial charge in [-0.05, 0) is 32.4 Å². The fourth-order valence-electron chi connectivity index (χ4n) is 1.63. The van der Waals surface area contributed by atoms with Crippen LogP contribution in [0.25, 0.3) is 11.0 Å². The van der Waals surface area contributed by atoms with Gasteiger partial charge in [0.15, 0.2) is 0 Å². The van der Waals surface area contributed by atoms with Crippen LogP contribution in [0.4, 0.5) is 0 Å². The maximum atomic E-state index is 4.51. The second kappa shape index (κ2) is 3.40. The van der Waals surface area contributed by atoms with E-state index < -0.39 is 0 Å². The fourth-order valence-corrected chi connectivity index (χ4v) is 1.63. The number of hydrogen-bond donors (Lipinski definition) is 0. The molecule has 2 rings (SSSR count). The van der Waals surface area contributed by atoms with E-state index in [-0.39, 0.29) is 0 Å². The first-order valence-corrected chi connectivity index (χ1v) is 5.04. The van der Waals surface area contributed by atoms with Crippen LogP contribution in [0.1, 0.15) is 32.0 Å². The Kier molecular flexibility index (Phi) is 2.23. The van der Waals surface area contributed by atoms with E-state index in [1.54, 1.807) is 0 Å². The largest absolute Gasteiger partial charge is 0.260 e. The highest BCUT2D eigenvalue weighted by Gasteiger charge is 2.11. The quantitative estimate of drug-likeness (QED) is 0.727. The molecule has 0 spiro atoms. The SMILES string of the molecule is CC[C@@H](C)n1nc(C)c2ncccc21. The Morgan fingerprint density at radius 3 is 3.00 bits per heavy atom. The van der Waals surface area contributed by atoms with Gasteiger partial charge in [0.25, 0.3) is 0 Å². The van der Waals surface area contributed by atoms with Crippen LogP contribution in [0.2, 0.25) is 0 Å². The van der Waals surface area contributed by atoms with Crippen molar-refractivity contribution in [1.29, 1.82) is 0 Å². The summed E-state index contributed by atoms with van der Waals surface area (Å²) in [5, 5.41) is 4.51. The lowest BCUT2D eigenvalue weighted by Crippen LogP contribution is -2.05. The van der Waals surface area contributed by atoms with Crippen LogP contribution in [0.5, 0.6) is 0 Å². The molecule has 2 aromatic rings. The van der Waals surface area contributed by atoms with Gasteiger partial charge in [-0.25, -0.2) is 0 Å². The van der Waals surface area contributed by atoms with E-state index in [2.05, 4.69) is 34.7 Å². The number of hydrogen-bond acceptors (Lipinski definition) is 2. The van der Waals surface area contributed by atoms with E-state index in [4.69, 9.17) is 0 Å². The standard InChI is InChI=1S/C11H15N3/c1-4-8(2)14-10-6-5-7-12-11(10)9(3)13-14/h5-8H,4H2,1-3H3/t8-/m1/s1. The summed E-state index contributed by atoms with van der Waals surface area (Å²) in [6.07, 6.45) is 2.91. The zero-order chi connectivity index (χ0) is 10.1. The molecule has 0 unspecified atom stereocenters. The normalized spacial score (nSPS) is 13.4. The van der Waals surface area contributed by atoms with E-state index >= 15 is 0 Å². The smallest absolute Gasteiger partial charge is 0.111 e. The third kappa shape index (κ3) is 1.29. The Morgan fingerprint density at radius 2 is 2.29 bits per heavy atom. The van der Waals surface area contributed by atoms with Crippen molar-refractivity contribution in [3.63, 3.8) is 0 Å². The van der Waals surface area contributed by atoms with Crippen LogP contribution in [0.15, 0.2) is 18.3 Å². The molecule has 14 heavy (non-hydrogen) atoms. The molecule has 2 aromatic heterocycles. The number of pyridine rings is 1. The lowest BCUT2D eigenvalue weighted by atomic mass is 10.2. The molecule has 2 heterocycles. The molecule has 74 valence electrons. The highest BCUT2D eigenvalue weighted by Crippen LogP contribution is 2.20. The zero-order valence-electron chi connectivity index (χ0n) is 8.86. The Morgan fingerprint density at radius 1 is 1.50 bits per heavy atom. The van der Waals surface area contributed by atoms with Crippen LogP contribution < -0.4 is 0 Å². The van der Waals surface area contributed by atoms with Crippen molar-refractivity contribution < 1.29 is 0 Å². The average Bonchev–Trinajstić information content (AvgIpc) is 2.56. The van der Waals surface area contributed by atoms with Gasteiger partial charge < -0.3 is 0 Å². The van der Waals surface area contributed by atoms with E-state index in [1.165, 1.54) is 0 Å². The second-order valence-electron chi connectivity index (χ2n) is 3.66. The van der Waals surface area contributed by atoms with E-state index in [9.17, 15) is 0 Å². The van der Waals surface area contributed by atoms with Crippen molar-refractivity contribution in [2.24, 2.45) is 0 Å². The van der Waals surface area contributed by atoms with Gasteiger partial charge in [0.1, 0.15) is 5.52 Å². The summed E-state index contributed by atoms with van der Waals surface area (Å²) in [6.45, 7) is 6.36. The Hall–Kier alpha value is -1.38. The summed E-state index contributed by atoms with van der Waals surface area (Å²) < 4.78 is 2.07. The number of aromatic nitrogens is 3. The molecule has 0 N–H and O–H groups in total. The molecule has 3 nitrogen and oxygen atoms in total. The fraction of sp³-hybridized carbons (Fsp3) is 0.455. The lowest BCUT2D eigenvalue weighted by molar-refractivity contribution is 0.490. The minimum absolute atomic E-state index is 0.440. The zero-order valence-corrected chi connectivity index (χ0v) is 8.86. The highest BCUT2D eigenvalue weighted by atomic mass is 15.3. The first-order valence-electron chi connectivity index (χ1n) is 5.04. The van der Waals surface area contributed by atoms with Crippen LogP contribution in [-0.2, 0) is 0 Å². The molecule has 0 bridgehead atoms. The van der Waals surface area contributed by atoms with Crippen molar-refractivity contribution in [2.75, 3.05) is 0 Å². The Labute approximate surface area is 83.8 Å². The first kappa shape index (κ1) is 9.19. The number of aryl methyl sites for hydroxylation is 1. The third-order valence-electron chi connectivity index (χ3n) is 2.64. The molecule has 0 saturated heterocycles. The molecule has 0 fully saturated rings. The maximum Gasteiger partial charge on any atom is 0.111 e. The van der Waals surface area contributed by atoms with Crippen molar-refractivity contribution in [1.82, 2.24) is 14.8 Å². The molecule has 0 saturated carbocycles. The molecule has 0 amide bonds. The molecule has 1 atom stereocenters. The van der Waals surface area contributed by atoms with E-state index in [1.807, 2.05) is 19.2 Å². The van der Waals surface area contributed by atoms with Crippen LogP contribution in [0.3, 0.4) is 0 Å². The minimum Gasteiger partial charge on any atom is -0.260 e. The average molecular weight is 189 g/mol. The molecule has 0 aliphatic heterocycles. The number of fused-ring (bicyclic) bond motifs is 1. The Balaban J connectivity index is 2.66. The Bertz CT molecular complexity index is 445.